The lowest BCUT2D eigenvalue weighted by Crippen LogP contribution is -2.54. The van der Waals surface area contributed by atoms with Gasteiger partial charge in [0.2, 0.25) is 0 Å². The number of carbonyl (C=O) groups excluding carboxylic acids is 3. The Morgan fingerprint density at radius 2 is 1.73 bits per heavy atom. The number of imide groups is 2. The Hall–Kier alpha value is -4.07. The number of nitrogens with one attached hydrogen (secondary N) is 1. The van der Waals surface area contributed by atoms with Crippen molar-refractivity contribution in [3.8, 4) is 11.5 Å². The lowest BCUT2D eigenvalue weighted by molar-refractivity contribution is -0.122. The topological polar surface area (TPSA) is 84.9 Å². The third-order valence-corrected chi connectivity index (χ3v) is 6.95. The molecule has 206 valence electrons. The number of hydrogen-bond donors (Lipinski definition) is 1. The third kappa shape index (κ3) is 6.22. The van der Waals surface area contributed by atoms with Crippen molar-refractivity contribution in [2.24, 2.45) is 0 Å². The molecule has 1 fully saturated rings. The van der Waals surface area contributed by atoms with Crippen molar-refractivity contribution in [2.75, 3.05) is 11.5 Å². The molecule has 0 aromatic heterocycles. The monoisotopic (exact) mass is 578 g/mol. The van der Waals surface area contributed by atoms with Gasteiger partial charge in [-0.1, -0.05) is 41.4 Å². The highest BCUT2D eigenvalue weighted by atomic mass is 35.5. The molecule has 1 aliphatic rings. The summed E-state index contributed by atoms with van der Waals surface area (Å²) in [7, 11) is 0. The van der Waals surface area contributed by atoms with Gasteiger partial charge in [-0.15, -0.1) is 6.58 Å². The number of amides is 4. The summed E-state index contributed by atoms with van der Waals surface area (Å²) in [6, 6.07) is 13.0. The fourth-order valence-corrected chi connectivity index (χ4v) is 4.68. The van der Waals surface area contributed by atoms with Crippen LogP contribution in [0.4, 0.5) is 10.5 Å². The largest absolute Gasteiger partial charge is 0.490 e. The van der Waals surface area contributed by atoms with E-state index in [0.717, 1.165) is 27.2 Å². The van der Waals surface area contributed by atoms with Crippen LogP contribution in [0.5, 0.6) is 11.5 Å². The second-order valence-corrected chi connectivity index (χ2v) is 10.0. The summed E-state index contributed by atoms with van der Waals surface area (Å²) < 4.78 is 12.0. The van der Waals surface area contributed by atoms with Gasteiger partial charge in [0.15, 0.2) is 11.5 Å². The second-order valence-electron chi connectivity index (χ2n) is 9.18. The van der Waals surface area contributed by atoms with Gasteiger partial charge in [-0.25, -0.2) is 9.69 Å². The van der Waals surface area contributed by atoms with Crippen molar-refractivity contribution in [2.45, 2.75) is 33.8 Å². The van der Waals surface area contributed by atoms with E-state index < -0.39 is 17.8 Å². The number of urea groups is 1. The van der Waals surface area contributed by atoms with Crippen LogP contribution in [0.15, 0.2) is 66.8 Å². The molecule has 0 bridgehead atoms. The maximum absolute atomic E-state index is 13.4. The average Bonchev–Trinajstić information content (AvgIpc) is 2.89. The number of ether oxygens (including phenoxy) is 2. The van der Waals surface area contributed by atoms with Gasteiger partial charge < -0.3 is 9.47 Å². The molecule has 3 aromatic carbocycles. The molecule has 1 N–H and O–H groups in total. The second kappa shape index (κ2) is 12.4. The third-order valence-electron chi connectivity index (χ3n) is 6.37. The van der Waals surface area contributed by atoms with E-state index in [2.05, 4.69) is 11.9 Å². The van der Waals surface area contributed by atoms with Gasteiger partial charge in [-0.05, 0) is 86.4 Å². The molecule has 1 aliphatic heterocycles. The van der Waals surface area contributed by atoms with Gasteiger partial charge in [0.1, 0.15) is 12.2 Å². The smallest absolute Gasteiger partial charge is 0.335 e. The zero-order valence-electron chi connectivity index (χ0n) is 22.3. The van der Waals surface area contributed by atoms with Crippen molar-refractivity contribution in [3.63, 3.8) is 0 Å². The lowest BCUT2D eigenvalue weighted by Gasteiger charge is -2.27. The van der Waals surface area contributed by atoms with E-state index in [1.54, 1.807) is 48.5 Å². The van der Waals surface area contributed by atoms with Crippen LogP contribution < -0.4 is 19.7 Å². The van der Waals surface area contributed by atoms with Crippen LogP contribution in [0, 0.1) is 13.8 Å². The van der Waals surface area contributed by atoms with E-state index in [1.165, 1.54) is 6.08 Å². The van der Waals surface area contributed by atoms with Crippen LogP contribution in [-0.4, -0.2) is 24.5 Å². The fraction of sp³-hybridized carbons (Fsp3) is 0.194. The van der Waals surface area contributed by atoms with Crippen LogP contribution in [0.2, 0.25) is 10.0 Å². The molecule has 0 atom stereocenters. The van der Waals surface area contributed by atoms with Crippen molar-refractivity contribution in [3.05, 3.63) is 105 Å². The Bertz CT molecular complexity index is 1550. The van der Waals surface area contributed by atoms with Crippen LogP contribution >= 0.6 is 23.2 Å². The number of barbiturate groups is 1. The highest BCUT2D eigenvalue weighted by molar-refractivity contribution is 6.39. The van der Waals surface area contributed by atoms with Gasteiger partial charge in [-0.3, -0.25) is 14.9 Å². The molecule has 40 heavy (non-hydrogen) atoms. The van der Waals surface area contributed by atoms with Crippen LogP contribution in [-0.2, 0) is 22.6 Å². The number of benzene rings is 3. The Kier molecular flexibility index (Phi) is 8.97. The minimum absolute atomic E-state index is 0.161. The first-order valence-electron chi connectivity index (χ1n) is 12.6. The number of aryl methyl sites for hydroxylation is 2. The predicted molar refractivity (Wildman–Crippen MR) is 157 cm³/mol. The Morgan fingerprint density at radius 3 is 2.40 bits per heavy atom. The van der Waals surface area contributed by atoms with Crippen molar-refractivity contribution in [1.82, 2.24) is 5.32 Å². The normalized spacial score (nSPS) is 14.4. The van der Waals surface area contributed by atoms with Gasteiger partial charge in [0, 0.05) is 21.2 Å². The van der Waals surface area contributed by atoms with Gasteiger partial charge in [0.05, 0.1) is 12.3 Å². The molecule has 0 radical (unpaired) electrons. The van der Waals surface area contributed by atoms with E-state index in [9.17, 15) is 14.4 Å². The highest BCUT2D eigenvalue weighted by Gasteiger charge is 2.37. The van der Waals surface area contributed by atoms with Gasteiger partial charge in [0.25, 0.3) is 11.8 Å². The molecule has 3 aromatic rings. The van der Waals surface area contributed by atoms with E-state index in [1.807, 2.05) is 26.8 Å². The van der Waals surface area contributed by atoms with Gasteiger partial charge >= 0.3 is 6.03 Å². The van der Waals surface area contributed by atoms with E-state index in [0.29, 0.717) is 45.8 Å². The maximum Gasteiger partial charge on any atom is 0.335 e. The summed E-state index contributed by atoms with van der Waals surface area (Å²) in [6.07, 6.45) is 3.57. The van der Waals surface area contributed by atoms with Crippen molar-refractivity contribution >= 4 is 52.8 Å². The Morgan fingerprint density at radius 1 is 0.950 bits per heavy atom. The number of rotatable bonds is 9. The maximum atomic E-state index is 13.4. The molecule has 0 saturated carbocycles. The van der Waals surface area contributed by atoms with Crippen LogP contribution in [0.25, 0.3) is 6.08 Å². The summed E-state index contributed by atoms with van der Waals surface area (Å²) in [5.74, 6) is -0.597. The molecule has 7 nitrogen and oxygen atoms in total. The lowest BCUT2D eigenvalue weighted by atomic mass is 10.0. The predicted octanol–water partition coefficient (Wildman–Crippen LogP) is 6.98. The molecule has 1 saturated heterocycles. The summed E-state index contributed by atoms with van der Waals surface area (Å²) in [5, 5.41) is 3.26. The Labute approximate surface area is 243 Å². The van der Waals surface area contributed by atoms with E-state index in [4.69, 9.17) is 32.7 Å². The summed E-state index contributed by atoms with van der Waals surface area (Å²) in [4.78, 5) is 39.8. The number of allylic oxidation sites excluding steroid dienone is 1. The number of halogens is 2. The SMILES string of the molecule is C=CCc1cc(/C=C2\C(=O)NC(=O)N(c3ccc(C)c(C)c3)C2=O)cc(OCC)c1OCc1ccc(Cl)cc1Cl. The molecule has 9 heteroatoms. The molecule has 0 unspecified atom stereocenters. The molecule has 0 aliphatic carbocycles. The standard InChI is InChI=1S/C31H28Cl2N2O5/c1-5-7-21-13-20(15-27(39-6-2)28(21)40-17-22-9-10-23(32)16-26(22)33)14-25-29(36)34-31(38)35(30(25)37)24-11-8-18(3)19(4)12-24/h5,8-16H,1,6-7,17H2,2-4H3,(H,34,36,38)/b25-14+. The first-order valence-corrected chi connectivity index (χ1v) is 13.3. The molecular weight excluding hydrogens is 551 g/mol. The van der Waals surface area contributed by atoms with Crippen molar-refractivity contribution < 1.29 is 23.9 Å². The highest BCUT2D eigenvalue weighted by Crippen LogP contribution is 2.36. The molecule has 0 spiro atoms. The number of hydrogen-bond acceptors (Lipinski definition) is 5. The van der Waals surface area contributed by atoms with E-state index in [-0.39, 0.29) is 12.2 Å². The van der Waals surface area contributed by atoms with Crippen molar-refractivity contribution in [1.29, 1.82) is 0 Å². The van der Waals surface area contributed by atoms with Crippen LogP contribution in [0.3, 0.4) is 0 Å². The zero-order chi connectivity index (χ0) is 29.0. The fourth-order valence-electron chi connectivity index (χ4n) is 4.21. The molecular formula is C31H28Cl2N2O5. The van der Waals surface area contributed by atoms with Gasteiger partial charge in [-0.2, -0.15) is 0 Å². The number of carbonyl (C=O) groups is 3. The molecule has 4 rings (SSSR count). The van der Waals surface area contributed by atoms with Crippen LogP contribution in [0.1, 0.15) is 34.7 Å². The summed E-state index contributed by atoms with van der Waals surface area (Å²) in [5.41, 5.74) is 4.09. The van der Waals surface area contributed by atoms with E-state index >= 15 is 0 Å². The summed E-state index contributed by atoms with van der Waals surface area (Å²) in [6.45, 7) is 10.00. The molecule has 1 heterocycles. The number of nitrogens with zero attached hydrogens (tertiary/aromatic N) is 1. The zero-order valence-corrected chi connectivity index (χ0v) is 23.9. The minimum atomic E-state index is -0.803. The minimum Gasteiger partial charge on any atom is -0.490 e. The quantitative estimate of drug-likeness (QED) is 0.168. The Balaban J connectivity index is 1.73. The average molecular weight is 579 g/mol. The summed E-state index contributed by atoms with van der Waals surface area (Å²) >= 11 is 12.3. The molecule has 4 amide bonds. The first kappa shape index (κ1) is 28.9. The first-order chi connectivity index (χ1) is 19.1. The number of anilines is 1.